The highest BCUT2D eigenvalue weighted by molar-refractivity contribution is 8.18. The summed E-state index contributed by atoms with van der Waals surface area (Å²) in [5, 5.41) is 2.34. The number of carbonyl (C=O) groups excluding carboxylic acids is 3. The second-order valence-corrected chi connectivity index (χ2v) is 8.31. The third-order valence-corrected chi connectivity index (χ3v) is 6.04. The van der Waals surface area contributed by atoms with Crippen LogP contribution in [0.3, 0.4) is 0 Å². The molecule has 3 amide bonds. The van der Waals surface area contributed by atoms with Crippen molar-refractivity contribution in [2.45, 2.75) is 0 Å². The molecule has 2 heterocycles. The Kier molecular flexibility index (Phi) is 6.92. The first kappa shape index (κ1) is 19.9. The highest BCUT2D eigenvalue weighted by Gasteiger charge is 2.34. The van der Waals surface area contributed by atoms with Crippen molar-refractivity contribution >= 4 is 46.7 Å². The van der Waals surface area contributed by atoms with E-state index in [1.165, 1.54) is 12.1 Å². The van der Waals surface area contributed by atoms with E-state index in [9.17, 15) is 18.8 Å². The van der Waals surface area contributed by atoms with Crippen LogP contribution in [0.2, 0.25) is 0 Å². The Labute approximate surface area is 165 Å². The summed E-state index contributed by atoms with van der Waals surface area (Å²) in [6.07, 6.45) is 1.38. The fourth-order valence-corrected chi connectivity index (χ4v) is 4.59. The predicted octanol–water partition coefficient (Wildman–Crippen LogP) is 2.03. The Morgan fingerprint density at radius 1 is 1.22 bits per heavy atom. The molecule has 0 bridgehead atoms. The molecule has 1 aromatic rings. The van der Waals surface area contributed by atoms with Crippen LogP contribution in [0, 0.1) is 5.82 Å². The van der Waals surface area contributed by atoms with Gasteiger partial charge in [-0.25, -0.2) is 4.39 Å². The van der Waals surface area contributed by atoms with E-state index in [-0.39, 0.29) is 29.5 Å². The lowest BCUT2D eigenvalue weighted by molar-refractivity contribution is -0.124. The molecule has 0 aromatic heterocycles. The lowest BCUT2D eigenvalue weighted by atomic mass is 10.2. The van der Waals surface area contributed by atoms with Gasteiger partial charge in [-0.2, -0.15) is 11.8 Å². The van der Waals surface area contributed by atoms with E-state index in [0.717, 1.165) is 41.3 Å². The lowest BCUT2D eigenvalue weighted by Crippen LogP contribution is -2.43. The fraction of sp³-hybridized carbons (Fsp3) is 0.389. The van der Waals surface area contributed by atoms with E-state index < -0.39 is 17.0 Å². The first-order chi connectivity index (χ1) is 13.0. The summed E-state index contributed by atoms with van der Waals surface area (Å²) < 4.78 is 13.7. The highest BCUT2D eigenvalue weighted by Crippen LogP contribution is 2.32. The molecule has 9 heteroatoms. The van der Waals surface area contributed by atoms with E-state index in [1.54, 1.807) is 18.2 Å². The van der Waals surface area contributed by atoms with Crippen LogP contribution in [0.4, 0.5) is 9.18 Å². The average molecular weight is 410 g/mol. The molecule has 0 unspecified atom stereocenters. The molecule has 0 saturated carbocycles. The number of nitrogens with zero attached hydrogens (tertiary/aromatic N) is 2. The average Bonchev–Trinajstić information content (AvgIpc) is 2.92. The van der Waals surface area contributed by atoms with Gasteiger partial charge in [0.1, 0.15) is 5.82 Å². The van der Waals surface area contributed by atoms with E-state index in [1.807, 2.05) is 11.8 Å². The van der Waals surface area contributed by atoms with Crippen LogP contribution in [0.15, 0.2) is 29.2 Å². The highest BCUT2D eigenvalue weighted by atomic mass is 32.2. The van der Waals surface area contributed by atoms with Crippen molar-refractivity contribution in [1.29, 1.82) is 0 Å². The summed E-state index contributed by atoms with van der Waals surface area (Å²) in [7, 11) is 0. The van der Waals surface area contributed by atoms with Crippen molar-refractivity contribution in [2.24, 2.45) is 0 Å². The number of rotatable bonds is 6. The molecule has 1 aromatic carbocycles. The van der Waals surface area contributed by atoms with Crippen LogP contribution < -0.4 is 5.32 Å². The first-order valence-corrected chi connectivity index (χ1v) is 10.6. The predicted molar refractivity (Wildman–Crippen MR) is 106 cm³/mol. The molecule has 3 rings (SSSR count). The number of halogens is 1. The molecule has 144 valence electrons. The molecular formula is C18H20FN3O3S2. The summed E-state index contributed by atoms with van der Waals surface area (Å²) in [5.41, 5.74) is 0.260. The molecule has 27 heavy (non-hydrogen) atoms. The maximum Gasteiger partial charge on any atom is 0.293 e. The fourth-order valence-electron chi connectivity index (χ4n) is 2.75. The first-order valence-electron chi connectivity index (χ1n) is 8.61. The van der Waals surface area contributed by atoms with Crippen molar-refractivity contribution in [2.75, 3.05) is 44.2 Å². The van der Waals surface area contributed by atoms with E-state index >= 15 is 0 Å². The van der Waals surface area contributed by atoms with Crippen molar-refractivity contribution in [1.82, 2.24) is 15.1 Å². The summed E-state index contributed by atoms with van der Waals surface area (Å²) in [4.78, 5) is 39.8. The zero-order valence-corrected chi connectivity index (χ0v) is 16.3. The number of thioether (sulfide) groups is 2. The number of nitrogens with one attached hydrogen (secondary N) is 1. The summed E-state index contributed by atoms with van der Waals surface area (Å²) in [6.45, 7) is 2.41. The normalized spacial score (nSPS) is 19.7. The van der Waals surface area contributed by atoms with Gasteiger partial charge in [0.2, 0.25) is 5.91 Å². The summed E-state index contributed by atoms with van der Waals surface area (Å²) in [5.74, 6) is 1.02. The number of amides is 3. The molecule has 0 aliphatic carbocycles. The third kappa shape index (κ3) is 5.33. The van der Waals surface area contributed by atoms with Crippen LogP contribution in [-0.4, -0.2) is 71.1 Å². The van der Waals surface area contributed by atoms with Gasteiger partial charge in [-0.1, -0.05) is 18.2 Å². The molecule has 2 aliphatic rings. The Bertz CT molecular complexity index is 766. The topological polar surface area (TPSA) is 69.7 Å². The Morgan fingerprint density at radius 2 is 1.96 bits per heavy atom. The van der Waals surface area contributed by atoms with Crippen LogP contribution in [0.1, 0.15) is 5.56 Å². The van der Waals surface area contributed by atoms with Crippen LogP contribution in [0.25, 0.3) is 6.08 Å². The van der Waals surface area contributed by atoms with Gasteiger partial charge in [-0.3, -0.25) is 24.2 Å². The summed E-state index contributed by atoms with van der Waals surface area (Å²) in [6, 6.07) is 6.06. The van der Waals surface area contributed by atoms with Crippen molar-refractivity contribution < 1.29 is 18.8 Å². The van der Waals surface area contributed by atoms with Gasteiger partial charge in [0.05, 0.1) is 11.4 Å². The molecule has 6 nitrogen and oxygen atoms in total. The van der Waals surface area contributed by atoms with Crippen molar-refractivity contribution in [3.63, 3.8) is 0 Å². The minimum Gasteiger partial charge on any atom is -0.353 e. The largest absolute Gasteiger partial charge is 0.353 e. The molecule has 1 N–H and O–H groups in total. The third-order valence-electron chi connectivity index (χ3n) is 4.19. The van der Waals surface area contributed by atoms with Gasteiger partial charge in [0, 0.05) is 43.2 Å². The maximum atomic E-state index is 13.7. The zero-order chi connectivity index (χ0) is 19.2. The van der Waals surface area contributed by atoms with Gasteiger partial charge < -0.3 is 5.32 Å². The Hall–Kier alpha value is -1.84. The zero-order valence-electron chi connectivity index (χ0n) is 14.7. The molecule has 0 radical (unpaired) electrons. The quantitative estimate of drug-likeness (QED) is 0.725. The van der Waals surface area contributed by atoms with Crippen LogP contribution in [0.5, 0.6) is 0 Å². The molecule has 2 aliphatic heterocycles. The molecule has 2 fully saturated rings. The minimum absolute atomic E-state index is 0.0981. The SMILES string of the molecule is O=C(CN1CCSCC1)NCCN1C(=O)S/C(=C\c2ccccc2F)C1=O. The van der Waals surface area contributed by atoms with Gasteiger partial charge in [0.15, 0.2) is 0 Å². The monoisotopic (exact) mass is 409 g/mol. The number of imide groups is 1. The Morgan fingerprint density at radius 3 is 2.70 bits per heavy atom. The Balaban J connectivity index is 1.50. The van der Waals surface area contributed by atoms with Gasteiger partial charge in [0.25, 0.3) is 11.1 Å². The number of benzene rings is 1. The number of hydrogen-bond donors (Lipinski definition) is 1. The molecule has 0 atom stereocenters. The number of carbonyl (C=O) groups is 3. The van der Waals surface area contributed by atoms with Crippen LogP contribution in [-0.2, 0) is 9.59 Å². The molecular weight excluding hydrogens is 389 g/mol. The van der Waals surface area contributed by atoms with Gasteiger partial charge in [-0.05, 0) is 23.9 Å². The van der Waals surface area contributed by atoms with Gasteiger partial charge in [-0.15, -0.1) is 0 Å². The second-order valence-electron chi connectivity index (χ2n) is 6.09. The smallest absolute Gasteiger partial charge is 0.293 e. The standard InChI is InChI=1S/C18H20FN3O3S2/c19-14-4-2-1-3-13(14)11-15-17(24)22(18(25)27-15)6-5-20-16(23)12-21-7-9-26-10-8-21/h1-4,11H,5-10,12H2,(H,20,23)/b15-11-. The molecule has 2 saturated heterocycles. The lowest BCUT2D eigenvalue weighted by Gasteiger charge is -2.25. The minimum atomic E-state index is -0.462. The summed E-state index contributed by atoms with van der Waals surface area (Å²) >= 11 is 2.66. The van der Waals surface area contributed by atoms with Crippen LogP contribution >= 0.6 is 23.5 Å². The maximum absolute atomic E-state index is 13.7. The van der Waals surface area contributed by atoms with E-state index in [4.69, 9.17) is 0 Å². The van der Waals surface area contributed by atoms with Gasteiger partial charge >= 0.3 is 0 Å². The van der Waals surface area contributed by atoms with E-state index in [2.05, 4.69) is 10.2 Å². The van der Waals surface area contributed by atoms with Crippen molar-refractivity contribution in [3.8, 4) is 0 Å². The second kappa shape index (κ2) is 9.38. The number of hydrogen-bond acceptors (Lipinski definition) is 6. The van der Waals surface area contributed by atoms with Crippen molar-refractivity contribution in [3.05, 3.63) is 40.6 Å². The molecule has 0 spiro atoms. The van der Waals surface area contributed by atoms with E-state index in [0.29, 0.717) is 6.54 Å².